The molecule has 2 aliphatic rings. The van der Waals surface area contributed by atoms with Gasteiger partial charge in [0.15, 0.2) is 0 Å². The van der Waals surface area contributed by atoms with Gasteiger partial charge in [-0.15, -0.1) is 11.3 Å². The molecule has 0 bridgehead atoms. The van der Waals surface area contributed by atoms with Crippen molar-refractivity contribution in [3.63, 3.8) is 0 Å². The topological polar surface area (TPSA) is 49.4 Å². The number of nitrogens with one attached hydrogen (secondary N) is 1. The first-order valence-electron chi connectivity index (χ1n) is 6.91. The summed E-state index contributed by atoms with van der Waals surface area (Å²) in [5, 5.41) is 2.86. The fraction of sp³-hybridized carbons (Fsp3) is 0.571. The van der Waals surface area contributed by atoms with Gasteiger partial charge < -0.3 is 10.2 Å². The summed E-state index contributed by atoms with van der Waals surface area (Å²) in [6.45, 7) is 2.37. The van der Waals surface area contributed by atoms with E-state index in [-0.39, 0.29) is 23.9 Å². The van der Waals surface area contributed by atoms with Crippen molar-refractivity contribution in [2.24, 2.45) is 5.92 Å². The first kappa shape index (κ1) is 13.9. The summed E-state index contributed by atoms with van der Waals surface area (Å²) in [6, 6.07) is 3.16. The van der Waals surface area contributed by atoms with Gasteiger partial charge in [0, 0.05) is 11.4 Å². The molecule has 0 spiro atoms. The molecule has 1 aliphatic heterocycles. The highest BCUT2D eigenvalue weighted by molar-refractivity contribution is 7.16. The lowest BCUT2D eigenvalue weighted by atomic mass is 10.0. The predicted octanol–water partition coefficient (Wildman–Crippen LogP) is 2.07. The second kappa shape index (κ2) is 5.37. The largest absolute Gasteiger partial charge is 0.342 e. The van der Waals surface area contributed by atoms with Crippen molar-refractivity contribution in [1.82, 2.24) is 10.2 Å². The molecule has 1 aromatic rings. The summed E-state index contributed by atoms with van der Waals surface area (Å²) in [5.74, 6) is 0.380. The summed E-state index contributed by atoms with van der Waals surface area (Å²) >= 11 is 7.44. The quantitative estimate of drug-likeness (QED) is 0.925. The summed E-state index contributed by atoms with van der Waals surface area (Å²) in [4.78, 5) is 27.3. The van der Waals surface area contributed by atoms with Gasteiger partial charge in [0.05, 0.1) is 4.34 Å². The van der Waals surface area contributed by atoms with Crippen LogP contribution >= 0.6 is 22.9 Å². The average molecular weight is 313 g/mol. The number of halogens is 1. The van der Waals surface area contributed by atoms with E-state index in [4.69, 9.17) is 11.6 Å². The first-order valence-corrected chi connectivity index (χ1v) is 8.11. The van der Waals surface area contributed by atoms with E-state index in [1.54, 1.807) is 11.8 Å². The third-order valence-electron chi connectivity index (χ3n) is 4.02. The van der Waals surface area contributed by atoms with E-state index in [1.165, 1.54) is 11.3 Å². The van der Waals surface area contributed by atoms with Crippen LogP contribution in [0.4, 0.5) is 0 Å². The lowest BCUT2D eigenvalue weighted by Crippen LogP contribution is -2.63. The van der Waals surface area contributed by atoms with Gasteiger partial charge in [-0.2, -0.15) is 0 Å². The van der Waals surface area contributed by atoms with E-state index < -0.39 is 0 Å². The number of hydrogen-bond donors (Lipinski definition) is 1. The minimum Gasteiger partial charge on any atom is -0.342 e. The Morgan fingerprint density at radius 3 is 2.75 bits per heavy atom. The molecule has 1 saturated heterocycles. The highest BCUT2D eigenvalue weighted by Gasteiger charge is 2.45. The van der Waals surface area contributed by atoms with Crippen molar-refractivity contribution >= 4 is 34.8 Å². The van der Waals surface area contributed by atoms with Gasteiger partial charge in [-0.1, -0.05) is 11.6 Å². The van der Waals surface area contributed by atoms with Crippen LogP contribution in [0.3, 0.4) is 0 Å². The zero-order valence-electron chi connectivity index (χ0n) is 11.3. The molecule has 1 aromatic heterocycles. The third kappa shape index (κ3) is 2.69. The van der Waals surface area contributed by atoms with Crippen LogP contribution in [0, 0.1) is 5.92 Å². The van der Waals surface area contributed by atoms with Crippen molar-refractivity contribution in [2.45, 2.75) is 38.3 Å². The molecule has 2 fully saturated rings. The Bertz CT molecular complexity index is 541. The van der Waals surface area contributed by atoms with Crippen LogP contribution in [-0.2, 0) is 16.0 Å². The van der Waals surface area contributed by atoms with Crippen LogP contribution in [0.2, 0.25) is 4.34 Å². The Balaban J connectivity index is 1.68. The summed E-state index contributed by atoms with van der Waals surface area (Å²) in [6.07, 6.45) is 2.83. The van der Waals surface area contributed by atoms with Crippen LogP contribution in [-0.4, -0.2) is 35.3 Å². The van der Waals surface area contributed by atoms with Gasteiger partial charge in [0.2, 0.25) is 11.8 Å². The van der Waals surface area contributed by atoms with Crippen LogP contribution in [0.5, 0.6) is 0 Å². The second-order valence-corrected chi connectivity index (χ2v) is 7.29. The molecule has 0 radical (unpaired) electrons. The number of rotatable bonds is 4. The van der Waals surface area contributed by atoms with Crippen molar-refractivity contribution in [3.05, 3.63) is 21.3 Å². The van der Waals surface area contributed by atoms with Crippen LogP contribution < -0.4 is 5.32 Å². The molecule has 108 valence electrons. The molecule has 4 nitrogen and oxygen atoms in total. The van der Waals surface area contributed by atoms with Gasteiger partial charge in [0.25, 0.3) is 0 Å². The van der Waals surface area contributed by atoms with E-state index in [1.807, 2.05) is 12.1 Å². The Labute approximate surface area is 127 Å². The minimum atomic E-state index is -0.382. The van der Waals surface area contributed by atoms with Crippen molar-refractivity contribution in [1.29, 1.82) is 0 Å². The average Bonchev–Trinajstić information content (AvgIpc) is 3.17. The van der Waals surface area contributed by atoms with E-state index in [0.717, 1.165) is 28.5 Å². The Morgan fingerprint density at radius 1 is 1.40 bits per heavy atom. The molecule has 2 unspecified atom stereocenters. The molecule has 2 amide bonds. The van der Waals surface area contributed by atoms with E-state index in [9.17, 15) is 9.59 Å². The molecule has 6 heteroatoms. The highest BCUT2D eigenvalue weighted by Crippen LogP contribution is 2.35. The Morgan fingerprint density at radius 2 is 2.15 bits per heavy atom. The number of carbonyl (C=O) groups excluding carboxylic acids is 2. The van der Waals surface area contributed by atoms with Crippen LogP contribution in [0.15, 0.2) is 12.1 Å². The number of carbonyl (C=O) groups is 2. The zero-order valence-corrected chi connectivity index (χ0v) is 12.8. The zero-order chi connectivity index (χ0) is 14.3. The van der Waals surface area contributed by atoms with Crippen molar-refractivity contribution < 1.29 is 9.59 Å². The number of thiophene rings is 1. The van der Waals surface area contributed by atoms with Crippen LogP contribution in [0.1, 0.15) is 24.6 Å². The third-order valence-corrected chi connectivity index (χ3v) is 5.31. The van der Waals surface area contributed by atoms with Gasteiger partial charge >= 0.3 is 0 Å². The fourth-order valence-electron chi connectivity index (χ4n) is 2.62. The van der Waals surface area contributed by atoms with E-state index in [0.29, 0.717) is 12.5 Å². The maximum Gasteiger partial charge on any atom is 0.246 e. The van der Waals surface area contributed by atoms with E-state index >= 15 is 0 Å². The number of amides is 2. The minimum absolute atomic E-state index is 0.0364. The molecule has 1 aliphatic carbocycles. The van der Waals surface area contributed by atoms with Gasteiger partial charge in [-0.3, -0.25) is 9.59 Å². The smallest absolute Gasteiger partial charge is 0.246 e. The Hall–Kier alpha value is -1.07. The molecule has 2 atom stereocenters. The predicted molar refractivity (Wildman–Crippen MR) is 78.9 cm³/mol. The highest BCUT2D eigenvalue weighted by atomic mass is 35.5. The van der Waals surface area contributed by atoms with Crippen molar-refractivity contribution in [2.75, 3.05) is 6.54 Å². The molecule has 2 heterocycles. The lowest BCUT2D eigenvalue weighted by molar-refractivity contribution is -0.149. The molecular weight excluding hydrogens is 296 g/mol. The van der Waals surface area contributed by atoms with Gasteiger partial charge in [-0.05, 0) is 44.2 Å². The summed E-state index contributed by atoms with van der Waals surface area (Å²) in [5.41, 5.74) is 0. The lowest BCUT2D eigenvalue weighted by Gasteiger charge is -2.37. The maximum atomic E-state index is 12.5. The maximum absolute atomic E-state index is 12.5. The van der Waals surface area contributed by atoms with Crippen LogP contribution in [0.25, 0.3) is 0 Å². The number of piperazine rings is 1. The molecule has 0 aromatic carbocycles. The second-order valence-electron chi connectivity index (χ2n) is 5.49. The molecular formula is C14H17ClN2O2S. The SMILES string of the molecule is CC1C(=O)NC(C2CC2)C(=O)N1CCc1ccc(Cl)s1. The fourth-order valence-corrected chi connectivity index (χ4v) is 3.69. The van der Waals surface area contributed by atoms with E-state index in [2.05, 4.69) is 5.32 Å². The normalized spacial score (nSPS) is 26.8. The Kier molecular flexibility index (Phi) is 3.73. The van der Waals surface area contributed by atoms with Crippen molar-refractivity contribution in [3.8, 4) is 0 Å². The summed E-state index contributed by atoms with van der Waals surface area (Å²) < 4.78 is 0.756. The standard InChI is InChI=1S/C14H17ClN2O2S/c1-8-13(18)16-12(9-2-3-9)14(19)17(8)7-6-10-4-5-11(15)20-10/h4-5,8-9,12H,2-3,6-7H2,1H3,(H,16,18). The molecule has 1 N–H and O–H groups in total. The molecule has 1 saturated carbocycles. The summed E-state index contributed by atoms with van der Waals surface area (Å²) in [7, 11) is 0. The van der Waals surface area contributed by atoms with Gasteiger partial charge in [0.1, 0.15) is 12.1 Å². The molecule has 20 heavy (non-hydrogen) atoms. The number of nitrogens with zero attached hydrogens (tertiary/aromatic N) is 1. The monoisotopic (exact) mass is 312 g/mol. The number of hydrogen-bond acceptors (Lipinski definition) is 3. The first-order chi connectivity index (χ1) is 9.56. The molecule has 3 rings (SSSR count). The van der Waals surface area contributed by atoms with Gasteiger partial charge in [-0.25, -0.2) is 0 Å².